The van der Waals surface area contributed by atoms with E-state index in [9.17, 15) is 18.0 Å². The Morgan fingerprint density at radius 1 is 1.22 bits per heavy atom. The van der Waals surface area contributed by atoms with Crippen LogP contribution in [-0.4, -0.2) is 25.2 Å². The molecule has 0 aromatic heterocycles. The Morgan fingerprint density at radius 3 is 2.52 bits per heavy atom. The fraction of sp³-hybridized carbons (Fsp3) is 0.562. The van der Waals surface area contributed by atoms with Crippen molar-refractivity contribution in [2.45, 2.75) is 38.3 Å². The minimum absolute atomic E-state index is 0. The molecule has 2 N–H and O–H groups in total. The quantitative estimate of drug-likeness (QED) is 0.844. The van der Waals surface area contributed by atoms with Gasteiger partial charge >= 0.3 is 6.18 Å². The van der Waals surface area contributed by atoms with E-state index in [2.05, 4.69) is 10.6 Å². The van der Waals surface area contributed by atoms with Crippen LogP contribution in [0.3, 0.4) is 0 Å². The van der Waals surface area contributed by atoms with Gasteiger partial charge in [-0.3, -0.25) is 4.79 Å². The number of hydrogen-bond donors (Lipinski definition) is 2. The molecule has 1 amide bonds. The smallest absolute Gasteiger partial charge is 0.326 e. The summed E-state index contributed by atoms with van der Waals surface area (Å²) in [6, 6.07) is 6.09. The molecule has 1 aliphatic rings. The number of carbonyl (C=O) groups excluding carboxylic acids is 1. The van der Waals surface area contributed by atoms with Gasteiger partial charge in [-0.25, -0.2) is 0 Å². The summed E-state index contributed by atoms with van der Waals surface area (Å²) in [5, 5.41) is 5.88. The van der Waals surface area contributed by atoms with Crippen molar-refractivity contribution in [3.8, 4) is 0 Å². The average Bonchev–Trinajstić information content (AvgIpc) is 2.47. The molecule has 1 aromatic carbocycles. The van der Waals surface area contributed by atoms with Crippen molar-refractivity contribution in [2.75, 3.05) is 18.4 Å². The number of nitrogens with one attached hydrogen (secondary N) is 2. The SMILES string of the molecule is Cl.O=C(CCC1CCNCC1)Nc1ccccc1CC(F)(F)F. The van der Waals surface area contributed by atoms with Crippen LogP contribution in [-0.2, 0) is 11.2 Å². The largest absolute Gasteiger partial charge is 0.393 e. The standard InChI is InChI=1S/C16H21F3N2O.ClH/c17-16(18,19)11-13-3-1-2-4-14(13)21-15(22)6-5-12-7-9-20-10-8-12;/h1-4,12,20H,5-11H2,(H,21,22);1H. The van der Waals surface area contributed by atoms with Gasteiger partial charge in [0.05, 0.1) is 6.42 Å². The van der Waals surface area contributed by atoms with E-state index >= 15 is 0 Å². The maximum Gasteiger partial charge on any atom is 0.393 e. The number of carbonyl (C=O) groups is 1. The molecule has 0 atom stereocenters. The summed E-state index contributed by atoms with van der Waals surface area (Å²) >= 11 is 0. The van der Waals surface area contributed by atoms with Crippen molar-refractivity contribution in [2.24, 2.45) is 5.92 Å². The molecule has 0 unspecified atom stereocenters. The summed E-state index contributed by atoms with van der Waals surface area (Å²) in [7, 11) is 0. The Bertz CT molecular complexity index is 502. The lowest BCUT2D eigenvalue weighted by molar-refractivity contribution is -0.127. The van der Waals surface area contributed by atoms with Gasteiger partial charge in [0, 0.05) is 12.1 Å². The lowest BCUT2D eigenvalue weighted by Gasteiger charge is -2.22. The Kier molecular flexibility index (Phi) is 7.85. The molecule has 130 valence electrons. The van der Waals surface area contributed by atoms with Crippen LogP contribution in [0.1, 0.15) is 31.2 Å². The van der Waals surface area contributed by atoms with Crippen LogP contribution in [0.2, 0.25) is 0 Å². The first-order valence-corrected chi connectivity index (χ1v) is 7.59. The minimum Gasteiger partial charge on any atom is -0.326 e. The molecule has 1 aliphatic heterocycles. The molecule has 0 aliphatic carbocycles. The normalized spacial score (nSPS) is 15.8. The van der Waals surface area contributed by atoms with Crippen LogP contribution in [0, 0.1) is 5.92 Å². The van der Waals surface area contributed by atoms with Crippen molar-refractivity contribution < 1.29 is 18.0 Å². The molecule has 1 fully saturated rings. The molecular formula is C16H22ClF3N2O. The van der Waals surface area contributed by atoms with E-state index in [4.69, 9.17) is 0 Å². The Labute approximate surface area is 140 Å². The fourth-order valence-corrected chi connectivity index (χ4v) is 2.73. The van der Waals surface area contributed by atoms with E-state index in [-0.39, 0.29) is 29.6 Å². The Balaban J connectivity index is 0.00000264. The van der Waals surface area contributed by atoms with Crippen LogP contribution in [0.4, 0.5) is 18.9 Å². The second-order valence-electron chi connectivity index (χ2n) is 5.73. The number of amides is 1. The predicted octanol–water partition coefficient (Wildman–Crippen LogP) is 3.93. The van der Waals surface area contributed by atoms with Crippen LogP contribution < -0.4 is 10.6 Å². The third kappa shape index (κ3) is 7.22. The summed E-state index contributed by atoms with van der Waals surface area (Å²) in [5.41, 5.74) is 0.361. The first kappa shape index (κ1) is 19.8. The van der Waals surface area contributed by atoms with Gasteiger partial charge in [-0.2, -0.15) is 13.2 Å². The summed E-state index contributed by atoms with van der Waals surface area (Å²) in [5.74, 6) is 0.311. The number of piperidine rings is 1. The van der Waals surface area contributed by atoms with E-state index in [1.54, 1.807) is 12.1 Å². The number of rotatable bonds is 5. The molecule has 1 saturated heterocycles. The molecule has 0 saturated carbocycles. The second kappa shape index (κ2) is 9.13. The van der Waals surface area contributed by atoms with Gasteiger partial charge in [0.2, 0.25) is 5.91 Å². The van der Waals surface area contributed by atoms with Crippen LogP contribution in [0.5, 0.6) is 0 Å². The van der Waals surface area contributed by atoms with E-state index < -0.39 is 12.6 Å². The monoisotopic (exact) mass is 350 g/mol. The van der Waals surface area contributed by atoms with Gasteiger partial charge < -0.3 is 10.6 Å². The summed E-state index contributed by atoms with van der Waals surface area (Å²) < 4.78 is 37.6. The molecule has 0 radical (unpaired) electrons. The molecule has 3 nitrogen and oxygen atoms in total. The first-order valence-electron chi connectivity index (χ1n) is 7.59. The van der Waals surface area contributed by atoms with Gasteiger partial charge in [0.1, 0.15) is 0 Å². The number of para-hydroxylation sites is 1. The predicted molar refractivity (Wildman–Crippen MR) is 86.9 cm³/mol. The zero-order valence-corrected chi connectivity index (χ0v) is 13.6. The molecule has 7 heteroatoms. The van der Waals surface area contributed by atoms with Gasteiger partial charge in [0.15, 0.2) is 0 Å². The van der Waals surface area contributed by atoms with Crippen LogP contribution >= 0.6 is 12.4 Å². The molecule has 1 aromatic rings. The van der Waals surface area contributed by atoms with Crippen molar-refractivity contribution in [3.63, 3.8) is 0 Å². The molecular weight excluding hydrogens is 329 g/mol. The summed E-state index contributed by atoms with van der Waals surface area (Å²) in [6.45, 7) is 1.95. The van der Waals surface area contributed by atoms with E-state index in [1.807, 2.05) is 0 Å². The molecule has 1 heterocycles. The Hall–Kier alpha value is -1.27. The topological polar surface area (TPSA) is 41.1 Å². The lowest BCUT2D eigenvalue weighted by atomic mass is 9.93. The number of alkyl halides is 3. The maximum atomic E-state index is 12.5. The maximum absolute atomic E-state index is 12.5. The highest BCUT2D eigenvalue weighted by molar-refractivity contribution is 5.91. The van der Waals surface area contributed by atoms with Crippen molar-refractivity contribution in [1.82, 2.24) is 5.32 Å². The van der Waals surface area contributed by atoms with Crippen LogP contribution in [0.25, 0.3) is 0 Å². The molecule has 0 spiro atoms. The average molecular weight is 351 g/mol. The van der Waals surface area contributed by atoms with E-state index in [0.29, 0.717) is 12.3 Å². The minimum atomic E-state index is -4.28. The summed E-state index contributed by atoms with van der Waals surface area (Å²) in [6.07, 6.45) is -2.07. The van der Waals surface area contributed by atoms with Gasteiger partial charge in [-0.1, -0.05) is 18.2 Å². The second-order valence-corrected chi connectivity index (χ2v) is 5.73. The van der Waals surface area contributed by atoms with Crippen molar-refractivity contribution >= 4 is 24.0 Å². The van der Waals surface area contributed by atoms with Crippen molar-refractivity contribution in [3.05, 3.63) is 29.8 Å². The highest BCUT2D eigenvalue weighted by Gasteiger charge is 2.29. The molecule has 23 heavy (non-hydrogen) atoms. The lowest BCUT2D eigenvalue weighted by Crippen LogP contribution is -2.28. The number of hydrogen-bond acceptors (Lipinski definition) is 2. The van der Waals surface area contributed by atoms with Gasteiger partial charge in [0.25, 0.3) is 0 Å². The van der Waals surface area contributed by atoms with Crippen LogP contribution in [0.15, 0.2) is 24.3 Å². The summed E-state index contributed by atoms with van der Waals surface area (Å²) in [4.78, 5) is 12.0. The molecule has 2 rings (SSSR count). The van der Waals surface area contributed by atoms with Crippen molar-refractivity contribution in [1.29, 1.82) is 0 Å². The molecule has 0 bridgehead atoms. The number of anilines is 1. The zero-order chi connectivity index (χ0) is 16.0. The number of halogens is 4. The zero-order valence-electron chi connectivity index (χ0n) is 12.8. The third-order valence-corrected chi connectivity index (χ3v) is 3.92. The van der Waals surface area contributed by atoms with E-state index in [0.717, 1.165) is 32.4 Å². The van der Waals surface area contributed by atoms with Gasteiger partial charge in [-0.05, 0) is 49.9 Å². The third-order valence-electron chi connectivity index (χ3n) is 3.92. The fourth-order valence-electron chi connectivity index (χ4n) is 2.73. The number of benzene rings is 1. The Morgan fingerprint density at radius 2 is 1.87 bits per heavy atom. The first-order chi connectivity index (χ1) is 10.4. The highest BCUT2D eigenvalue weighted by Crippen LogP contribution is 2.26. The van der Waals surface area contributed by atoms with E-state index in [1.165, 1.54) is 12.1 Å². The highest BCUT2D eigenvalue weighted by atomic mass is 35.5. The van der Waals surface area contributed by atoms with Gasteiger partial charge in [-0.15, -0.1) is 12.4 Å².